The molecular formula is C23H27N3O3S. The molecule has 0 spiro atoms. The number of aromatic nitrogens is 1. The van der Waals surface area contributed by atoms with Crippen LogP contribution in [0.25, 0.3) is 10.9 Å². The number of aryl methyl sites for hydroxylation is 1. The summed E-state index contributed by atoms with van der Waals surface area (Å²) in [7, 11) is -3.53. The lowest BCUT2D eigenvalue weighted by Gasteiger charge is -2.26. The summed E-state index contributed by atoms with van der Waals surface area (Å²) in [6, 6.07) is 14.4. The highest BCUT2D eigenvalue weighted by molar-refractivity contribution is 7.89. The minimum atomic E-state index is -3.53. The molecule has 1 aliphatic heterocycles. The highest BCUT2D eigenvalue weighted by Crippen LogP contribution is 2.23. The fraction of sp³-hybridized carbons (Fsp3) is 0.348. The van der Waals surface area contributed by atoms with Crippen LogP contribution < -0.4 is 0 Å². The van der Waals surface area contributed by atoms with Crippen molar-refractivity contribution < 1.29 is 13.2 Å². The molecule has 1 saturated heterocycles. The predicted molar refractivity (Wildman–Crippen MR) is 118 cm³/mol. The van der Waals surface area contributed by atoms with Gasteiger partial charge in [-0.25, -0.2) is 8.42 Å². The standard InChI is InChI=1S/C23H27N3O3S/c1-17-8-10-19(11-9-17)30(28,29)26-13-5-12-25(14-15-26)18(2)23(27)21-16-24-22-7-4-3-6-20(21)22/h3-4,6-11,16,18,24H,5,12-15H2,1-2H3/t18-/m0/s1. The van der Waals surface area contributed by atoms with Gasteiger partial charge < -0.3 is 4.98 Å². The zero-order chi connectivity index (χ0) is 21.3. The highest BCUT2D eigenvalue weighted by Gasteiger charge is 2.30. The van der Waals surface area contributed by atoms with Gasteiger partial charge in [0.1, 0.15) is 0 Å². The number of aromatic amines is 1. The van der Waals surface area contributed by atoms with E-state index in [1.165, 1.54) is 0 Å². The largest absolute Gasteiger partial charge is 0.360 e. The van der Waals surface area contributed by atoms with Crippen molar-refractivity contribution in [3.05, 3.63) is 65.9 Å². The van der Waals surface area contributed by atoms with E-state index in [4.69, 9.17) is 0 Å². The molecule has 1 N–H and O–H groups in total. The molecule has 0 radical (unpaired) electrons. The molecule has 1 fully saturated rings. The molecule has 2 heterocycles. The molecule has 2 aromatic carbocycles. The second-order valence-corrected chi connectivity index (χ2v) is 9.83. The summed E-state index contributed by atoms with van der Waals surface area (Å²) in [5.74, 6) is 0.0577. The maximum absolute atomic E-state index is 13.2. The Morgan fingerprint density at radius 3 is 2.50 bits per heavy atom. The molecule has 158 valence electrons. The molecular weight excluding hydrogens is 398 g/mol. The summed E-state index contributed by atoms with van der Waals surface area (Å²) in [5.41, 5.74) is 2.66. The number of nitrogens with zero attached hydrogens (tertiary/aromatic N) is 2. The third-order valence-electron chi connectivity index (χ3n) is 5.93. The van der Waals surface area contributed by atoms with Gasteiger partial charge in [-0.1, -0.05) is 35.9 Å². The third kappa shape index (κ3) is 3.93. The second kappa shape index (κ2) is 8.34. The summed E-state index contributed by atoms with van der Waals surface area (Å²) in [5, 5.41) is 0.924. The van der Waals surface area contributed by atoms with Gasteiger partial charge in [0, 0.05) is 48.8 Å². The molecule has 1 aliphatic rings. The van der Waals surface area contributed by atoms with Crippen LogP contribution in [0.2, 0.25) is 0 Å². The average Bonchev–Trinajstić information content (AvgIpc) is 3.01. The Labute approximate surface area is 177 Å². The van der Waals surface area contributed by atoms with Crippen molar-refractivity contribution >= 4 is 26.7 Å². The Morgan fingerprint density at radius 1 is 1.00 bits per heavy atom. The van der Waals surface area contributed by atoms with Crippen molar-refractivity contribution in [3.63, 3.8) is 0 Å². The Kier molecular flexibility index (Phi) is 5.77. The van der Waals surface area contributed by atoms with Gasteiger partial charge in [-0.2, -0.15) is 4.31 Å². The number of ketones is 1. The monoisotopic (exact) mass is 425 g/mol. The minimum absolute atomic E-state index is 0.0577. The number of H-pyrrole nitrogens is 1. The highest BCUT2D eigenvalue weighted by atomic mass is 32.2. The van der Waals surface area contributed by atoms with Gasteiger partial charge in [-0.15, -0.1) is 0 Å². The van der Waals surface area contributed by atoms with Gasteiger partial charge in [-0.05, 0) is 38.5 Å². The molecule has 0 unspecified atom stereocenters. The minimum Gasteiger partial charge on any atom is -0.360 e. The summed E-state index contributed by atoms with van der Waals surface area (Å²) < 4.78 is 27.6. The maximum Gasteiger partial charge on any atom is 0.243 e. The Balaban J connectivity index is 1.48. The number of carbonyl (C=O) groups excluding carboxylic acids is 1. The van der Waals surface area contributed by atoms with E-state index in [0.29, 0.717) is 43.1 Å². The van der Waals surface area contributed by atoms with Crippen LogP contribution in [-0.4, -0.2) is 60.6 Å². The van der Waals surface area contributed by atoms with E-state index in [1.54, 1.807) is 22.6 Å². The number of sulfonamides is 1. The van der Waals surface area contributed by atoms with E-state index in [1.807, 2.05) is 50.2 Å². The Hall–Kier alpha value is -2.48. The van der Waals surface area contributed by atoms with Crippen molar-refractivity contribution in [1.82, 2.24) is 14.2 Å². The fourth-order valence-electron chi connectivity index (χ4n) is 4.07. The van der Waals surface area contributed by atoms with Gasteiger partial charge in [-0.3, -0.25) is 9.69 Å². The van der Waals surface area contributed by atoms with E-state index in [0.717, 1.165) is 16.5 Å². The van der Waals surface area contributed by atoms with E-state index in [-0.39, 0.29) is 11.8 Å². The van der Waals surface area contributed by atoms with Crippen LogP contribution in [0.3, 0.4) is 0 Å². The lowest BCUT2D eigenvalue weighted by Crippen LogP contribution is -2.42. The topological polar surface area (TPSA) is 73.5 Å². The maximum atomic E-state index is 13.2. The molecule has 0 amide bonds. The van der Waals surface area contributed by atoms with Crippen molar-refractivity contribution in [2.24, 2.45) is 0 Å². The van der Waals surface area contributed by atoms with Crippen LogP contribution in [0.1, 0.15) is 29.3 Å². The molecule has 0 bridgehead atoms. The Morgan fingerprint density at radius 2 is 1.73 bits per heavy atom. The summed E-state index contributed by atoms with van der Waals surface area (Å²) in [6.45, 7) is 5.90. The summed E-state index contributed by atoms with van der Waals surface area (Å²) in [4.78, 5) is 18.7. The van der Waals surface area contributed by atoms with E-state index in [9.17, 15) is 13.2 Å². The number of carbonyl (C=O) groups is 1. The zero-order valence-corrected chi connectivity index (χ0v) is 18.2. The first-order valence-corrected chi connectivity index (χ1v) is 11.7. The van der Waals surface area contributed by atoms with Crippen molar-refractivity contribution in [2.45, 2.75) is 31.2 Å². The van der Waals surface area contributed by atoms with E-state index >= 15 is 0 Å². The van der Waals surface area contributed by atoms with Gasteiger partial charge in [0.2, 0.25) is 10.0 Å². The molecule has 1 aromatic heterocycles. The number of fused-ring (bicyclic) bond motifs is 1. The molecule has 6 nitrogen and oxygen atoms in total. The first kappa shape index (κ1) is 20.8. The molecule has 4 rings (SSSR count). The molecule has 7 heteroatoms. The number of hydrogen-bond donors (Lipinski definition) is 1. The van der Waals surface area contributed by atoms with Gasteiger partial charge in [0.05, 0.1) is 10.9 Å². The molecule has 30 heavy (non-hydrogen) atoms. The SMILES string of the molecule is Cc1ccc(S(=O)(=O)N2CCCN([C@@H](C)C(=O)c3c[nH]c4ccccc34)CC2)cc1. The number of hydrogen-bond acceptors (Lipinski definition) is 4. The molecule has 0 saturated carbocycles. The number of rotatable bonds is 5. The molecule has 0 aliphatic carbocycles. The average molecular weight is 426 g/mol. The van der Waals surface area contributed by atoms with Gasteiger partial charge in [0.25, 0.3) is 0 Å². The first-order chi connectivity index (χ1) is 14.4. The predicted octanol–water partition coefficient (Wildman–Crippen LogP) is 3.44. The number of benzene rings is 2. The second-order valence-electron chi connectivity index (χ2n) is 7.89. The molecule has 3 aromatic rings. The van der Waals surface area contributed by atoms with Crippen molar-refractivity contribution in [2.75, 3.05) is 26.2 Å². The van der Waals surface area contributed by atoms with Crippen LogP contribution in [0.15, 0.2) is 59.6 Å². The van der Waals surface area contributed by atoms with Gasteiger partial charge in [0.15, 0.2) is 5.78 Å². The van der Waals surface area contributed by atoms with Crippen molar-refractivity contribution in [3.8, 4) is 0 Å². The molecule has 1 atom stereocenters. The number of Topliss-reactive ketones (excluding diaryl/α,β-unsaturated/α-hetero) is 1. The fourth-order valence-corrected chi connectivity index (χ4v) is 5.54. The first-order valence-electron chi connectivity index (χ1n) is 10.3. The van der Waals surface area contributed by atoms with Gasteiger partial charge >= 0.3 is 0 Å². The Bertz CT molecular complexity index is 1150. The lowest BCUT2D eigenvalue weighted by atomic mass is 10.0. The van der Waals surface area contributed by atoms with Crippen LogP contribution in [-0.2, 0) is 10.0 Å². The van der Waals surface area contributed by atoms with Crippen LogP contribution in [0.5, 0.6) is 0 Å². The van der Waals surface area contributed by atoms with E-state index in [2.05, 4.69) is 9.88 Å². The number of nitrogens with one attached hydrogen (secondary N) is 1. The lowest BCUT2D eigenvalue weighted by molar-refractivity contribution is 0.0847. The normalized spacial score (nSPS) is 17.7. The zero-order valence-electron chi connectivity index (χ0n) is 17.3. The summed E-state index contributed by atoms with van der Waals surface area (Å²) in [6.07, 6.45) is 2.46. The summed E-state index contributed by atoms with van der Waals surface area (Å²) >= 11 is 0. The van der Waals surface area contributed by atoms with Crippen LogP contribution in [0.4, 0.5) is 0 Å². The van der Waals surface area contributed by atoms with Crippen LogP contribution >= 0.6 is 0 Å². The quantitative estimate of drug-likeness (QED) is 0.636. The number of para-hydroxylation sites is 1. The smallest absolute Gasteiger partial charge is 0.243 e. The third-order valence-corrected chi connectivity index (χ3v) is 7.84. The van der Waals surface area contributed by atoms with E-state index < -0.39 is 10.0 Å². The van der Waals surface area contributed by atoms with Crippen molar-refractivity contribution in [1.29, 1.82) is 0 Å². The van der Waals surface area contributed by atoms with Crippen LogP contribution in [0, 0.1) is 6.92 Å².